The average molecular weight is 519 g/mol. The third kappa shape index (κ3) is 4.23. The van der Waals surface area contributed by atoms with Gasteiger partial charge in [0.2, 0.25) is 0 Å². The van der Waals surface area contributed by atoms with E-state index in [0.717, 1.165) is 45.7 Å². The van der Waals surface area contributed by atoms with Crippen LogP contribution in [0.1, 0.15) is 0 Å². The molecule has 0 atom stereocenters. The minimum absolute atomic E-state index is 0.698. The van der Waals surface area contributed by atoms with E-state index < -0.39 is 0 Å². The molecule has 0 bridgehead atoms. The summed E-state index contributed by atoms with van der Waals surface area (Å²) < 4.78 is 0. The second kappa shape index (κ2) is 10.2. The zero-order valence-corrected chi connectivity index (χ0v) is 21.3. The Balaban J connectivity index is 1.55. The minimum Gasteiger partial charge on any atom is -0.277 e. The highest BCUT2D eigenvalue weighted by molar-refractivity contribution is 6.05. The van der Waals surface area contributed by atoms with Gasteiger partial charge in [0.1, 0.15) is 34.3 Å². The van der Waals surface area contributed by atoms with E-state index in [-0.39, 0.29) is 0 Å². The van der Waals surface area contributed by atoms with Crippen LogP contribution < -0.4 is 9.80 Å². The maximum absolute atomic E-state index is 5.15. The van der Waals surface area contributed by atoms with Crippen LogP contribution in [0.5, 0.6) is 0 Å². The third-order valence-electron chi connectivity index (χ3n) is 6.45. The first kappa shape index (κ1) is 23.4. The first-order valence-corrected chi connectivity index (χ1v) is 12.8. The molecular formula is C32H22N8. The highest BCUT2D eigenvalue weighted by Gasteiger charge is 2.24. The van der Waals surface area contributed by atoms with Crippen LogP contribution in [0.4, 0.5) is 34.6 Å². The number of hydrogen-bond donors (Lipinski definition) is 0. The molecule has 0 aliphatic rings. The first-order chi connectivity index (χ1) is 19.9. The summed E-state index contributed by atoms with van der Waals surface area (Å²) in [7, 11) is 0. The number of aromatic nitrogens is 6. The smallest absolute Gasteiger partial charge is 0.138 e. The van der Waals surface area contributed by atoms with Crippen molar-refractivity contribution in [3.63, 3.8) is 0 Å². The zero-order valence-electron chi connectivity index (χ0n) is 21.3. The minimum atomic E-state index is 0.698. The fourth-order valence-corrected chi connectivity index (χ4v) is 4.71. The lowest BCUT2D eigenvalue weighted by molar-refractivity contribution is 1.11. The van der Waals surface area contributed by atoms with Crippen LogP contribution in [0.2, 0.25) is 0 Å². The summed E-state index contributed by atoms with van der Waals surface area (Å²) in [5.74, 6) is 2.88. The highest BCUT2D eigenvalue weighted by Crippen LogP contribution is 2.42. The van der Waals surface area contributed by atoms with Gasteiger partial charge in [-0.15, -0.1) is 0 Å². The fraction of sp³-hybridized carbons (Fsp3) is 0. The molecule has 0 N–H and O–H groups in total. The van der Waals surface area contributed by atoms with Crippen molar-refractivity contribution in [3.05, 3.63) is 134 Å². The van der Waals surface area contributed by atoms with Gasteiger partial charge < -0.3 is 0 Å². The molecular weight excluding hydrogens is 496 g/mol. The molecule has 190 valence electrons. The molecule has 0 aliphatic heterocycles. The van der Waals surface area contributed by atoms with Gasteiger partial charge in [-0.05, 0) is 72.8 Å². The molecule has 5 heterocycles. The summed E-state index contributed by atoms with van der Waals surface area (Å²) in [6.07, 6.45) is 7.08. The van der Waals surface area contributed by atoms with Gasteiger partial charge in [-0.2, -0.15) is 0 Å². The van der Waals surface area contributed by atoms with E-state index in [9.17, 15) is 0 Å². The monoisotopic (exact) mass is 518 g/mol. The summed E-state index contributed by atoms with van der Waals surface area (Å²) >= 11 is 0. The second-order valence-corrected chi connectivity index (χ2v) is 8.94. The van der Waals surface area contributed by atoms with Gasteiger partial charge in [-0.3, -0.25) is 9.80 Å². The molecule has 7 aromatic rings. The molecule has 0 amide bonds. The van der Waals surface area contributed by atoms with Gasteiger partial charge in [0.05, 0.1) is 22.4 Å². The quantitative estimate of drug-likeness (QED) is 0.212. The van der Waals surface area contributed by atoms with Crippen molar-refractivity contribution < 1.29 is 0 Å². The standard InChI is InChI=1S/C32H22N8/c1-2-12-24-23(11-1)37-31-25(39(27-13-3-7-19-33-27)28-14-4-8-20-34-28)17-18-26(32(31)38-24)40(29-15-5-9-21-35-29)30-16-6-10-22-36-30/h1-22H. The van der Waals surface area contributed by atoms with Gasteiger partial charge in [0, 0.05) is 24.8 Å². The van der Waals surface area contributed by atoms with Gasteiger partial charge in [-0.25, -0.2) is 29.9 Å². The van der Waals surface area contributed by atoms with Crippen molar-refractivity contribution in [2.24, 2.45) is 0 Å². The molecule has 7 rings (SSSR count). The molecule has 8 heteroatoms. The Bertz CT molecular complexity index is 1680. The van der Waals surface area contributed by atoms with E-state index in [1.165, 1.54) is 0 Å². The Morgan fingerprint density at radius 2 is 0.675 bits per heavy atom. The Kier molecular flexibility index (Phi) is 5.95. The molecule has 40 heavy (non-hydrogen) atoms. The number of para-hydroxylation sites is 2. The molecule has 0 unspecified atom stereocenters. The molecule has 0 fully saturated rings. The van der Waals surface area contributed by atoms with E-state index in [2.05, 4.69) is 19.9 Å². The summed E-state index contributed by atoms with van der Waals surface area (Å²) in [6.45, 7) is 0. The summed E-state index contributed by atoms with van der Waals surface area (Å²) in [5.41, 5.74) is 4.58. The van der Waals surface area contributed by atoms with E-state index in [0.29, 0.717) is 11.0 Å². The fourth-order valence-electron chi connectivity index (χ4n) is 4.71. The molecule has 0 aliphatic carbocycles. The Labute approximate surface area is 230 Å². The van der Waals surface area contributed by atoms with Crippen LogP contribution in [-0.4, -0.2) is 29.9 Å². The van der Waals surface area contributed by atoms with E-state index >= 15 is 0 Å². The first-order valence-electron chi connectivity index (χ1n) is 12.8. The zero-order chi connectivity index (χ0) is 26.7. The van der Waals surface area contributed by atoms with E-state index in [1.54, 1.807) is 24.8 Å². The van der Waals surface area contributed by atoms with Crippen LogP contribution in [0.15, 0.2) is 134 Å². The predicted octanol–water partition coefficient (Wildman–Crippen LogP) is 7.30. The third-order valence-corrected chi connectivity index (χ3v) is 6.45. The Hall–Kier alpha value is -5.76. The topological polar surface area (TPSA) is 83.8 Å². The lowest BCUT2D eigenvalue weighted by Gasteiger charge is -2.27. The van der Waals surface area contributed by atoms with Crippen molar-refractivity contribution in [2.45, 2.75) is 0 Å². The van der Waals surface area contributed by atoms with Crippen LogP contribution in [0, 0.1) is 0 Å². The van der Waals surface area contributed by atoms with Crippen LogP contribution >= 0.6 is 0 Å². The molecule has 0 spiro atoms. The molecule has 0 radical (unpaired) electrons. The Morgan fingerprint density at radius 3 is 0.975 bits per heavy atom. The number of benzene rings is 2. The van der Waals surface area contributed by atoms with Crippen LogP contribution in [0.3, 0.4) is 0 Å². The largest absolute Gasteiger partial charge is 0.277 e. The molecule has 5 aromatic heterocycles. The second-order valence-electron chi connectivity index (χ2n) is 8.94. The lowest BCUT2D eigenvalue weighted by Crippen LogP contribution is -2.16. The number of anilines is 6. The maximum Gasteiger partial charge on any atom is 0.138 e. The van der Waals surface area contributed by atoms with Crippen LogP contribution in [-0.2, 0) is 0 Å². The van der Waals surface area contributed by atoms with Gasteiger partial charge >= 0.3 is 0 Å². The SMILES string of the molecule is c1ccc(N(c2ccccn2)c2ccc(N(c3ccccn3)c3ccccn3)c3nc4ccccc4nc23)nc1. The summed E-state index contributed by atoms with van der Waals surface area (Å²) in [6, 6.07) is 35.2. The predicted molar refractivity (Wildman–Crippen MR) is 158 cm³/mol. The number of hydrogen-bond acceptors (Lipinski definition) is 8. The number of fused-ring (bicyclic) bond motifs is 2. The van der Waals surface area contributed by atoms with Gasteiger partial charge in [-0.1, -0.05) is 36.4 Å². The van der Waals surface area contributed by atoms with Crippen molar-refractivity contribution in [2.75, 3.05) is 9.80 Å². The van der Waals surface area contributed by atoms with Gasteiger partial charge in [0.15, 0.2) is 0 Å². The molecule has 8 nitrogen and oxygen atoms in total. The van der Waals surface area contributed by atoms with Crippen LogP contribution in [0.25, 0.3) is 22.1 Å². The van der Waals surface area contributed by atoms with Crippen molar-refractivity contribution in [1.29, 1.82) is 0 Å². The Morgan fingerprint density at radius 1 is 0.350 bits per heavy atom. The summed E-state index contributed by atoms with van der Waals surface area (Å²) in [4.78, 5) is 33.0. The number of rotatable bonds is 6. The number of nitrogens with zero attached hydrogens (tertiary/aromatic N) is 8. The van der Waals surface area contributed by atoms with Crippen molar-refractivity contribution in [3.8, 4) is 0 Å². The lowest BCUT2D eigenvalue weighted by atomic mass is 10.1. The molecule has 2 aromatic carbocycles. The number of pyridine rings is 4. The van der Waals surface area contributed by atoms with Crippen molar-refractivity contribution in [1.82, 2.24) is 29.9 Å². The van der Waals surface area contributed by atoms with Gasteiger partial charge in [0.25, 0.3) is 0 Å². The highest BCUT2D eigenvalue weighted by atomic mass is 15.3. The van der Waals surface area contributed by atoms with E-state index in [4.69, 9.17) is 9.97 Å². The van der Waals surface area contributed by atoms with E-state index in [1.807, 2.05) is 119 Å². The van der Waals surface area contributed by atoms with Crippen molar-refractivity contribution >= 4 is 56.7 Å². The maximum atomic E-state index is 5.15. The molecule has 0 saturated carbocycles. The average Bonchev–Trinajstić information content (AvgIpc) is 3.03. The summed E-state index contributed by atoms with van der Waals surface area (Å²) in [5, 5.41) is 0. The molecule has 0 saturated heterocycles. The normalized spacial score (nSPS) is 11.0.